The highest BCUT2D eigenvalue weighted by atomic mass is 32.1. The molecule has 1 fully saturated rings. The Morgan fingerprint density at radius 2 is 2.18 bits per heavy atom. The fourth-order valence-corrected chi connectivity index (χ4v) is 3.83. The van der Waals surface area contributed by atoms with Crippen LogP contribution in [0.2, 0.25) is 0 Å². The molecule has 0 N–H and O–H groups in total. The van der Waals surface area contributed by atoms with E-state index < -0.39 is 0 Å². The summed E-state index contributed by atoms with van der Waals surface area (Å²) in [5, 5.41) is 2.02. The maximum absolute atomic E-state index is 12.4. The van der Waals surface area contributed by atoms with Crippen LogP contribution in [0.1, 0.15) is 17.3 Å². The lowest BCUT2D eigenvalue weighted by atomic mass is 10.2. The maximum atomic E-state index is 12.4. The first-order valence-corrected chi connectivity index (χ1v) is 8.41. The van der Waals surface area contributed by atoms with Crippen LogP contribution < -0.4 is 0 Å². The van der Waals surface area contributed by atoms with Crippen LogP contribution in [0.25, 0.3) is 11.0 Å². The predicted octanol–water partition coefficient (Wildman–Crippen LogP) is 3.11. The Labute approximate surface area is 133 Å². The van der Waals surface area contributed by atoms with Crippen molar-refractivity contribution in [1.82, 2.24) is 14.5 Å². The second-order valence-corrected chi connectivity index (χ2v) is 6.71. The lowest BCUT2D eigenvalue weighted by Crippen LogP contribution is -2.30. The summed E-state index contributed by atoms with van der Waals surface area (Å²) in [4.78, 5) is 20.0. The molecule has 0 bridgehead atoms. The number of benzene rings is 1. The Bertz CT molecular complexity index is 793. The summed E-state index contributed by atoms with van der Waals surface area (Å²) in [6, 6.07) is 12.5. The summed E-state index contributed by atoms with van der Waals surface area (Å²) in [6.45, 7) is 1.62. The number of likely N-dealkylation sites (tertiary alicyclic amines) is 1. The molecule has 0 saturated carbocycles. The smallest absolute Gasteiger partial charge is 0.227 e. The third-order valence-corrected chi connectivity index (χ3v) is 5.17. The van der Waals surface area contributed by atoms with Gasteiger partial charge in [-0.05, 0) is 30.0 Å². The molecule has 3 heterocycles. The molecule has 2 aromatic heterocycles. The number of carbonyl (C=O) groups excluding carboxylic acids is 1. The number of carbonyl (C=O) groups is 1. The van der Waals surface area contributed by atoms with Gasteiger partial charge in [-0.3, -0.25) is 4.79 Å². The molecule has 1 aliphatic rings. The second-order valence-electron chi connectivity index (χ2n) is 5.68. The molecular weight excluding hydrogens is 294 g/mol. The van der Waals surface area contributed by atoms with Crippen LogP contribution >= 0.6 is 11.3 Å². The van der Waals surface area contributed by atoms with E-state index in [2.05, 4.69) is 15.6 Å². The van der Waals surface area contributed by atoms with Crippen molar-refractivity contribution < 1.29 is 4.79 Å². The molecule has 22 heavy (non-hydrogen) atoms. The summed E-state index contributed by atoms with van der Waals surface area (Å²) < 4.78 is 2.22. The number of rotatable bonds is 3. The third kappa shape index (κ3) is 2.41. The number of hydrogen-bond donors (Lipinski definition) is 0. The standard InChI is InChI=1S/C17H17N3OS/c21-17(10-14-4-3-9-22-14)19-8-7-13(11-19)20-12-18-15-5-1-2-6-16(15)20/h1-6,9,12-13H,7-8,10-11H2. The highest BCUT2D eigenvalue weighted by Gasteiger charge is 2.28. The van der Waals surface area contributed by atoms with Crippen molar-refractivity contribution in [1.29, 1.82) is 0 Å². The zero-order valence-electron chi connectivity index (χ0n) is 12.2. The number of imidazole rings is 1. The Morgan fingerprint density at radius 3 is 3.05 bits per heavy atom. The monoisotopic (exact) mass is 311 g/mol. The summed E-state index contributed by atoms with van der Waals surface area (Å²) in [5.74, 6) is 0.231. The van der Waals surface area contributed by atoms with Gasteiger partial charge < -0.3 is 9.47 Å². The molecule has 4 nitrogen and oxygen atoms in total. The fourth-order valence-electron chi connectivity index (χ4n) is 3.14. The lowest BCUT2D eigenvalue weighted by Gasteiger charge is -2.17. The van der Waals surface area contributed by atoms with Crippen LogP contribution in [-0.2, 0) is 11.2 Å². The second kappa shape index (κ2) is 5.57. The molecule has 1 aromatic carbocycles. The summed E-state index contributed by atoms with van der Waals surface area (Å²) >= 11 is 1.65. The zero-order valence-corrected chi connectivity index (χ0v) is 13.0. The highest BCUT2D eigenvalue weighted by Crippen LogP contribution is 2.26. The minimum atomic E-state index is 0.231. The normalized spacial score (nSPS) is 18.2. The lowest BCUT2D eigenvalue weighted by molar-refractivity contribution is -0.129. The zero-order chi connectivity index (χ0) is 14.9. The van der Waals surface area contributed by atoms with Gasteiger partial charge in [-0.1, -0.05) is 18.2 Å². The Balaban J connectivity index is 1.49. The molecule has 3 aromatic rings. The molecule has 0 aliphatic carbocycles. The number of nitrogens with zero attached hydrogens (tertiary/aromatic N) is 3. The van der Waals surface area contributed by atoms with E-state index in [1.54, 1.807) is 11.3 Å². The fraction of sp³-hybridized carbons (Fsp3) is 0.294. The van der Waals surface area contributed by atoms with Gasteiger partial charge in [0.05, 0.1) is 29.8 Å². The first-order valence-electron chi connectivity index (χ1n) is 7.53. The molecule has 0 spiro atoms. The van der Waals surface area contributed by atoms with Crippen molar-refractivity contribution in [2.24, 2.45) is 0 Å². The van der Waals surface area contributed by atoms with E-state index in [0.29, 0.717) is 12.5 Å². The van der Waals surface area contributed by atoms with Crippen LogP contribution in [0, 0.1) is 0 Å². The molecule has 4 rings (SSSR count). The molecular formula is C17H17N3OS. The van der Waals surface area contributed by atoms with Gasteiger partial charge in [-0.15, -0.1) is 11.3 Å². The Hall–Kier alpha value is -2.14. The van der Waals surface area contributed by atoms with E-state index in [4.69, 9.17) is 0 Å². The van der Waals surface area contributed by atoms with E-state index in [9.17, 15) is 4.79 Å². The number of amides is 1. The van der Waals surface area contributed by atoms with Crippen molar-refractivity contribution in [3.63, 3.8) is 0 Å². The molecule has 1 saturated heterocycles. The summed E-state index contributed by atoms with van der Waals surface area (Å²) in [5.41, 5.74) is 2.17. The Kier molecular flexibility index (Phi) is 3.42. The quantitative estimate of drug-likeness (QED) is 0.745. The van der Waals surface area contributed by atoms with E-state index >= 15 is 0 Å². The number of aromatic nitrogens is 2. The van der Waals surface area contributed by atoms with Gasteiger partial charge in [-0.25, -0.2) is 4.98 Å². The van der Waals surface area contributed by atoms with E-state index in [-0.39, 0.29) is 5.91 Å². The van der Waals surface area contributed by atoms with Crippen LogP contribution in [0.5, 0.6) is 0 Å². The number of thiophene rings is 1. The van der Waals surface area contributed by atoms with Crippen molar-refractivity contribution in [3.05, 3.63) is 53.0 Å². The highest BCUT2D eigenvalue weighted by molar-refractivity contribution is 7.10. The molecule has 112 valence electrons. The Morgan fingerprint density at radius 1 is 1.27 bits per heavy atom. The molecule has 0 radical (unpaired) electrons. The van der Waals surface area contributed by atoms with E-state index in [0.717, 1.165) is 35.4 Å². The van der Waals surface area contributed by atoms with Crippen molar-refractivity contribution >= 4 is 28.3 Å². The van der Waals surface area contributed by atoms with Crippen LogP contribution in [0.15, 0.2) is 48.1 Å². The molecule has 1 aliphatic heterocycles. The predicted molar refractivity (Wildman–Crippen MR) is 88.0 cm³/mol. The molecule has 5 heteroatoms. The van der Waals surface area contributed by atoms with Crippen molar-refractivity contribution in [2.45, 2.75) is 18.9 Å². The average molecular weight is 311 g/mol. The van der Waals surface area contributed by atoms with Gasteiger partial charge in [0.15, 0.2) is 0 Å². The van der Waals surface area contributed by atoms with E-state index in [1.807, 2.05) is 46.9 Å². The minimum absolute atomic E-state index is 0.231. The van der Waals surface area contributed by atoms with Crippen molar-refractivity contribution in [2.75, 3.05) is 13.1 Å². The van der Waals surface area contributed by atoms with Gasteiger partial charge >= 0.3 is 0 Å². The molecule has 1 unspecified atom stereocenters. The van der Waals surface area contributed by atoms with Gasteiger partial charge in [0.25, 0.3) is 0 Å². The van der Waals surface area contributed by atoms with Crippen LogP contribution in [-0.4, -0.2) is 33.4 Å². The van der Waals surface area contributed by atoms with Gasteiger partial charge in [0.1, 0.15) is 0 Å². The van der Waals surface area contributed by atoms with Crippen molar-refractivity contribution in [3.8, 4) is 0 Å². The minimum Gasteiger partial charge on any atom is -0.340 e. The largest absolute Gasteiger partial charge is 0.340 e. The summed E-state index contributed by atoms with van der Waals surface area (Å²) in [7, 11) is 0. The molecule has 1 amide bonds. The summed E-state index contributed by atoms with van der Waals surface area (Å²) in [6.07, 6.45) is 3.42. The van der Waals surface area contributed by atoms with Crippen LogP contribution in [0.3, 0.4) is 0 Å². The number of para-hydroxylation sites is 2. The molecule has 1 atom stereocenters. The number of hydrogen-bond acceptors (Lipinski definition) is 3. The third-order valence-electron chi connectivity index (χ3n) is 4.30. The van der Waals surface area contributed by atoms with E-state index in [1.165, 1.54) is 0 Å². The first-order chi connectivity index (χ1) is 10.8. The van der Waals surface area contributed by atoms with Crippen LogP contribution in [0.4, 0.5) is 0 Å². The average Bonchev–Trinajstić information content (AvgIpc) is 3.27. The first kappa shape index (κ1) is 13.5. The number of fused-ring (bicyclic) bond motifs is 1. The van der Waals surface area contributed by atoms with Gasteiger partial charge in [-0.2, -0.15) is 0 Å². The topological polar surface area (TPSA) is 38.1 Å². The maximum Gasteiger partial charge on any atom is 0.227 e. The van der Waals surface area contributed by atoms with Gasteiger partial charge in [0.2, 0.25) is 5.91 Å². The van der Waals surface area contributed by atoms with Gasteiger partial charge in [0, 0.05) is 18.0 Å². The SMILES string of the molecule is O=C(Cc1cccs1)N1CCC(n2cnc3ccccc32)C1.